The SMILES string of the molecule is NC(SC(N)c1ccc(-c2cc3ccccc3cc2-c2ccc(C3=CC(c4ccccc4)NC(c4ccccc4)N3)cc2)cc1)c1ccccc1. The van der Waals surface area contributed by atoms with Crippen molar-refractivity contribution in [3.05, 3.63) is 210 Å². The van der Waals surface area contributed by atoms with Gasteiger partial charge in [-0.3, -0.25) is 5.32 Å². The minimum Gasteiger partial charge on any atom is -0.366 e. The van der Waals surface area contributed by atoms with Crippen LogP contribution in [0.5, 0.6) is 0 Å². The summed E-state index contributed by atoms with van der Waals surface area (Å²) >= 11 is 1.56. The summed E-state index contributed by atoms with van der Waals surface area (Å²) in [6, 6.07) is 62.2. The molecule has 0 radical (unpaired) electrons. The molecule has 1 aliphatic heterocycles. The molecule has 51 heavy (non-hydrogen) atoms. The molecule has 0 aliphatic carbocycles. The second kappa shape index (κ2) is 14.8. The van der Waals surface area contributed by atoms with Gasteiger partial charge in [0.05, 0.1) is 16.8 Å². The highest BCUT2D eigenvalue weighted by Gasteiger charge is 2.24. The van der Waals surface area contributed by atoms with Crippen LogP contribution in [0.3, 0.4) is 0 Å². The van der Waals surface area contributed by atoms with Crippen LogP contribution in [0.25, 0.3) is 38.7 Å². The third kappa shape index (κ3) is 7.25. The molecule has 7 aromatic rings. The maximum absolute atomic E-state index is 6.65. The van der Waals surface area contributed by atoms with Crippen molar-refractivity contribution in [2.45, 2.75) is 23.0 Å². The predicted molar refractivity (Wildman–Crippen MR) is 215 cm³/mol. The molecule has 0 amide bonds. The van der Waals surface area contributed by atoms with Crippen LogP contribution in [-0.4, -0.2) is 0 Å². The van der Waals surface area contributed by atoms with Crippen LogP contribution < -0.4 is 22.1 Å². The van der Waals surface area contributed by atoms with Crippen LogP contribution in [0.15, 0.2) is 182 Å². The molecule has 250 valence electrons. The van der Waals surface area contributed by atoms with E-state index < -0.39 is 0 Å². The second-order valence-corrected chi connectivity index (χ2v) is 14.2. The average Bonchev–Trinajstić information content (AvgIpc) is 3.21. The monoisotopic (exact) mass is 680 g/mol. The summed E-state index contributed by atoms with van der Waals surface area (Å²) in [5.41, 5.74) is 24.6. The number of hydrogen-bond donors (Lipinski definition) is 4. The summed E-state index contributed by atoms with van der Waals surface area (Å²) in [6.07, 6.45) is 2.27. The van der Waals surface area contributed by atoms with Crippen molar-refractivity contribution in [2.24, 2.45) is 11.5 Å². The van der Waals surface area contributed by atoms with E-state index in [2.05, 4.69) is 162 Å². The molecular weight excluding hydrogens is 641 g/mol. The summed E-state index contributed by atoms with van der Waals surface area (Å²) in [5.74, 6) is 0. The number of benzene rings is 7. The van der Waals surface area contributed by atoms with Crippen LogP contribution in [-0.2, 0) is 0 Å². The lowest BCUT2D eigenvalue weighted by atomic mass is 9.90. The van der Waals surface area contributed by atoms with Crippen LogP contribution in [0, 0.1) is 0 Å². The Morgan fingerprint density at radius 3 is 1.49 bits per heavy atom. The summed E-state index contributed by atoms with van der Waals surface area (Å²) in [5, 5.41) is 9.55. The van der Waals surface area contributed by atoms with Crippen molar-refractivity contribution in [2.75, 3.05) is 0 Å². The first-order chi connectivity index (χ1) is 25.1. The van der Waals surface area contributed by atoms with Crippen molar-refractivity contribution >= 4 is 28.2 Å². The molecule has 0 aromatic heterocycles. The average molecular weight is 681 g/mol. The van der Waals surface area contributed by atoms with Gasteiger partial charge in [0.15, 0.2) is 0 Å². The van der Waals surface area contributed by atoms with Gasteiger partial charge in [0.1, 0.15) is 6.17 Å². The quantitative estimate of drug-likeness (QED) is 0.114. The maximum Gasteiger partial charge on any atom is 0.104 e. The van der Waals surface area contributed by atoms with Gasteiger partial charge in [-0.1, -0.05) is 164 Å². The Morgan fingerprint density at radius 1 is 0.471 bits per heavy atom. The predicted octanol–water partition coefficient (Wildman–Crippen LogP) is 10.5. The van der Waals surface area contributed by atoms with Gasteiger partial charge in [0.2, 0.25) is 0 Å². The lowest BCUT2D eigenvalue weighted by Crippen LogP contribution is -2.39. The van der Waals surface area contributed by atoms with E-state index in [0.29, 0.717) is 0 Å². The Kier molecular flexibility index (Phi) is 9.52. The first-order valence-electron chi connectivity index (χ1n) is 17.4. The van der Waals surface area contributed by atoms with Crippen molar-refractivity contribution in [1.82, 2.24) is 10.6 Å². The van der Waals surface area contributed by atoms with Gasteiger partial charge in [-0.15, -0.1) is 11.8 Å². The molecule has 0 bridgehead atoms. The molecule has 1 aliphatic rings. The zero-order valence-electron chi connectivity index (χ0n) is 28.2. The first kappa shape index (κ1) is 32.8. The van der Waals surface area contributed by atoms with Crippen molar-refractivity contribution in [1.29, 1.82) is 0 Å². The number of hydrogen-bond acceptors (Lipinski definition) is 5. The minimum absolute atomic E-state index is 0.0215. The van der Waals surface area contributed by atoms with Gasteiger partial charge in [0, 0.05) is 5.70 Å². The highest BCUT2D eigenvalue weighted by molar-refractivity contribution is 7.99. The zero-order chi connectivity index (χ0) is 34.6. The topological polar surface area (TPSA) is 76.1 Å². The smallest absolute Gasteiger partial charge is 0.104 e. The summed E-state index contributed by atoms with van der Waals surface area (Å²) in [7, 11) is 0. The Balaban J connectivity index is 1.10. The van der Waals surface area contributed by atoms with Crippen molar-refractivity contribution in [3.8, 4) is 22.3 Å². The molecule has 6 N–H and O–H groups in total. The van der Waals surface area contributed by atoms with Gasteiger partial charge in [-0.05, 0) is 79.1 Å². The number of fused-ring (bicyclic) bond motifs is 1. The minimum atomic E-state index is -0.237. The van der Waals surface area contributed by atoms with Gasteiger partial charge in [-0.2, -0.15) is 0 Å². The molecule has 4 unspecified atom stereocenters. The number of thioether (sulfide) groups is 1. The molecule has 0 spiro atoms. The van der Waals surface area contributed by atoms with E-state index in [-0.39, 0.29) is 23.0 Å². The van der Waals surface area contributed by atoms with Crippen molar-refractivity contribution < 1.29 is 0 Å². The summed E-state index contributed by atoms with van der Waals surface area (Å²) < 4.78 is 0. The fraction of sp³-hybridized carbons (Fsp3) is 0.0870. The molecule has 0 saturated heterocycles. The molecule has 1 heterocycles. The number of nitrogens with two attached hydrogens (primary N) is 2. The van der Waals surface area contributed by atoms with E-state index in [1.165, 1.54) is 38.6 Å². The largest absolute Gasteiger partial charge is 0.366 e. The van der Waals surface area contributed by atoms with Gasteiger partial charge < -0.3 is 16.8 Å². The molecule has 4 atom stereocenters. The van der Waals surface area contributed by atoms with Gasteiger partial charge >= 0.3 is 0 Å². The number of nitrogens with one attached hydrogen (secondary N) is 2. The third-order valence-electron chi connectivity index (χ3n) is 9.64. The molecular formula is C46H40N4S. The number of rotatable bonds is 9. The summed E-state index contributed by atoms with van der Waals surface area (Å²) in [6.45, 7) is 0. The van der Waals surface area contributed by atoms with E-state index in [1.807, 2.05) is 30.3 Å². The molecule has 5 heteroatoms. The molecule has 0 fully saturated rings. The molecule has 4 nitrogen and oxygen atoms in total. The van der Waals surface area contributed by atoms with Gasteiger partial charge in [-0.25, -0.2) is 0 Å². The lowest BCUT2D eigenvalue weighted by Gasteiger charge is -2.33. The highest BCUT2D eigenvalue weighted by Crippen LogP contribution is 2.39. The molecule has 8 rings (SSSR count). The summed E-state index contributed by atoms with van der Waals surface area (Å²) in [4.78, 5) is 0. The van der Waals surface area contributed by atoms with Crippen LogP contribution in [0.4, 0.5) is 0 Å². The van der Waals surface area contributed by atoms with E-state index in [0.717, 1.165) is 28.0 Å². The fourth-order valence-electron chi connectivity index (χ4n) is 6.85. The third-order valence-corrected chi connectivity index (χ3v) is 10.8. The van der Waals surface area contributed by atoms with Crippen LogP contribution >= 0.6 is 11.8 Å². The maximum atomic E-state index is 6.65. The highest BCUT2D eigenvalue weighted by atomic mass is 32.2. The zero-order valence-corrected chi connectivity index (χ0v) is 29.0. The Labute approximate surface area is 304 Å². The van der Waals surface area contributed by atoms with Crippen molar-refractivity contribution in [3.63, 3.8) is 0 Å². The molecule has 0 saturated carbocycles. The van der Waals surface area contributed by atoms with E-state index in [4.69, 9.17) is 11.5 Å². The van der Waals surface area contributed by atoms with Gasteiger partial charge in [0.25, 0.3) is 0 Å². The van der Waals surface area contributed by atoms with E-state index in [1.54, 1.807) is 11.8 Å². The lowest BCUT2D eigenvalue weighted by molar-refractivity contribution is 0.442. The van der Waals surface area contributed by atoms with E-state index >= 15 is 0 Å². The van der Waals surface area contributed by atoms with E-state index in [9.17, 15) is 0 Å². The normalized spacial score (nSPS) is 16.9. The van der Waals surface area contributed by atoms with Crippen LogP contribution in [0.2, 0.25) is 0 Å². The Hall–Kier alpha value is -5.43. The fourth-order valence-corrected chi connectivity index (χ4v) is 7.80. The first-order valence-corrected chi connectivity index (χ1v) is 18.3. The standard InChI is InChI=1S/C46H40N4S/c47-44(35-14-6-2-7-15-35)51-45(48)36-26-22-32(23-27-36)41-29-39-19-11-10-18-38(39)28-40(41)31-20-24-34(25-21-31)43-30-42(33-12-4-1-5-13-33)49-46(50-43)37-16-8-3-9-17-37/h1-30,42,44-46,49-50H,47-48H2. The second-order valence-electron chi connectivity index (χ2n) is 13.0. The Bertz CT molecular complexity index is 2250. The van der Waals surface area contributed by atoms with Crippen LogP contribution in [0.1, 0.15) is 50.8 Å². The molecule has 7 aromatic carbocycles. The Morgan fingerprint density at radius 2 is 0.922 bits per heavy atom.